The van der Waals surface area contributed by atoms with E-state index in [0.717, 1.165) is 11.3 Å². The minimum absolute atomic E-state index is 0.111. The van der Waals surface area contributed by atoms with Crippen molar-refractivity contribution in [3.8, 4) is 0 Å². The molecule has 160 valence electrons. The molecule has 1 aromatic rings. The van der Waals surface area contributed by atoms with E-state index in [1.54, 1.807) is 13.0 Å². The van der Waals surface area contributed by atoms with Gasteiger partial charge in [0.15, 0.2) is 0 Å². The lowest BCUT2D eigenvalue weighted by molar-refractivity contribution is -0.168. The van der Waals surface area contributed by atoms with Gasteiger partial charge < -0.3 is 14.8 Å². The van der Waals surface area contributed by atoms with E-state index >= 15 is 0 Å². The van der Waals surface area contributed by atoms with Crippen LogP contribution in [0.2, 0.25) is 0 Å². The Kier molecular flexibility index (Phi) is 7.67. The molecule has 0 aromatic heterocycles. The Labute approximate surface area is 172 Å². The number of esters is 1. The van der Waals surface area contributed by atoms with E-state index < -0.39 is 23.3 Å². The van der Waals surface area contributed by atoms with Gasteiger partial charge in [0.1, 0.15) is 5.60 Å². The Morgan fingerprint density at radius 2 is 1.93 bits per heavy atom. The predicted octanol–water partition coefficient (Wildman–Crippen LogP) is 3.50. The Morgan fingerprint density at radius 3 is 2.55 bits per heavy atom. The highest BCUT2D eigenvalue weighted by molar-refractivity contribution is 5.83. The lowest BCUT2D eigenvalue weighted by atomic mass is 9.92. The predicted molar refractivity (Wildman–Crippen MR) is 110 cm³/mol. The summed E-state index contributed by atoms with van der Waals surface area (Å²) in [6.45, 7) is 9.96. The number of amides is 1. The third kappa shape index (κ3) is 7.09. The molecule has 1 aliphatic rings. The lowest BCUT2D eigenvalue weighted by Gasteiger charge is -2.23. The van der Waals surface area contributed by atoms with Crippen LogP contribution in [0.1, 0.15) is 46.6 Å². The molecule has 7 heteroatoms. The summed E-state index contributed by atoms with van der Waals surface area (Å²) in [5.74, 6) is -0.314. The number of nitrogens with one attached hydrogen (secondary N) is 2. The Morgan fingerprint density at radius 1 is 1.24 bits per heavy atom. The minimum atomic E-state index is -1.20. The average Bonchev–Trinajstić information content (AvgIpc) is 3.03. The number of allylic oxidation sites excluding steroid dienone is 1. The van der Waals surface area contributed by atoms with Crippen molar-refractivity contribution in [3.63, 3.8) is 0 Å². The molecule has 7 nitrogen and oxygen atoms in total. The van der Waals surface area contributed by atoms with Crippen molar-refractivity contribution in [1.29, 1.82) is 0 Å². The molecule has 1 amide bonds. The molecule has 1 aliphatic heterocycles. The van der Waals surface area contributed by atoms with Gasteiger partial charge in [0, 0.05) is 18.7 Å². The number of rotatable bonds is 8. The van der Waals surface area contributed by atoms with Gasteiger partial charge in [-0.2, -0.15) is 0 Å². The molecule has 29 heavy (non-hydrogen) atoms. The second-order valence-corrected chi connectivity index (χ2v) is 8.34. The molecule has 0 saturated carbocycles. The number of hydroxylamine groups is 1. The number of hydrogen-bond acceptors (Lipinski definition) is 6. The first-order chi connectivity index (χ1) is 13.6. The number of hydrogen-bond donors (Lipinski definition) is 2. The third-order valence-corrected chi connectivity index (χ3v) is 4.26. The van der Waals surface area contributed by atoms with Crippen LogP contribution in [0.25, 0.3) is 0 Å². The highest BCUT2D eigenvalue weighted by atomic mass is 16.7. The SMILES string of the molecule is CCOC(=O)C1(Cc2ccccc2)C=C(CC(C)CNC(=O)OC(C)(C)C)NO1. The summed E-state index contributed by atoms with van der Waals surface area (Å²) < 4.78 is 10.5. The maximum Gasteiger partial charge on any atom is 0.407 e. The Hall–Kier alpha value is -2.54. The molecule has 0 spiro atoms. The third-order valence-electron chi connectivity index (χ3n) is 4.26. The quantitative estimate of drug-likeness (QED) is 0.645. The van der Waals surface area contributed by atoms with Crippen LogP contribution in [0.5, 0.6) is 0 Å². The van der Waals surface area contributed by atoms with E-state index in [2.05, 4.69) is 10.8 Å². The molecule has 0 aliphatic carbocycles. The van der Waals surface area contributed by atoms with E-state index in [-0.39, 0.29) is 12.5 Å². The molecular weight excluding hydrogens is 372 g/mol. The topological polar surface area (TPSA) is 85.9 Å². The number of carbonyl (C=O) groups is 2. The summed E-state index contributed by atoms with van der Waals surface area (Å²) in [4.78, 5) is 30.2. The van der Waals surface area contributed by atoms with Crippen molar-refractivity contribution in [3.05, 3.63) is 47.7 Å². The van der Waals surface area contributed by atoms with Gasteiger partial charge >= 0.3 is 12.1 Å². The summed E-state index contributed by atoms with van der Waals surface area (Å²) in [7, 11) is 0. The van der Waals surface area contributed by atoms with Gasteiger partial charge in [0.25, 0.3) is 0 Å². The van der Waals surface area contributed by atoms with Crippen LogP contribution in [0, 0.1) is 5.92 Å². The molecule has 0 radical (unpaired) electrons. The van der Waals surface area contributed by atoms with Crippen molar-refractivity contribution < 1.29 is 23.9 Å². The Balaban J connectivity index is 2.01. The first-order valence-corrected chi connectivity index (χ1v) is 9.97. The van der Waals surface area contributed by atoms with Crippen LogP contribution in [-0.2, 0) is 25.5 Å². The molecule has 2 N–H and O–H groups in total. The molecule has 0 fully saturated rings. The smallest absolute Gasteiger partial charge is 0.407 e. The lowest BCUT2D eigenvalue weighted by Crippen LogP contribution is -2.42. The van der Waals surface area contributed by atoms with E-state index in [4.69, 9.17) is 14.3 Å². The normalized spacial score (nSPS) is 19.7. The summed E-state index contributed by atoms with van der Waals surface area (Å²) >= 11 is 0. The van der Waals surface area contributed by atoms with Gasteiger partial charge in [-0.3, -0.25) is 10.3 Å². The highest BCUT2D eigenvalue weighted by Crippen LogP contribution is 2.29. The summed E-state index contributed by atoms with van der Waals surface area (Å²) in [6.07, 6.45) is 2.32. The fourth-order valence-corrected chi connectivity index (χ4v) is 3.03. The van der Waals surface area contributed by atoms with Crippen LogP contribution in [-0.4, -0.2) is 36.4 Å². The molecule has 1 aromatic carbocycles. The zero-order valence-corrected chi connectivity index (χ0v) is 17.9. The van der Waals surface area contributed by atoms with Gasteiger partial charge in [-0.25, -0.2) is 9.59 Å². The van der Waals surface area contributed by atoms with Gasteiger partial charge in [-0.15, -0.1) is 0 Å². The van der Waals surface area contributed by atoms with Gasteiger partial charge in [-0.05, 0) is 51.7 Å². The van der Waals surface area contributed by atoms with E-state index in [1.807, 2.05) is 58.0 Å². The number of alkyl carbamates (subject to hydrolysis) is 1. The number of benzene rings is 1. The Bertz CT molecular complexity index is 726. The van der Waals surface area contributed by atoms with Crippen LogP contribution in [0.4, 0.5) is 4.79 Å². The molecule has 2 rings (SSSR count). The van der Waals surface area contributed by atoms with Crippen molar-refractivity contribution in [1.82, 2.24) is 10.8 Å². The van der Waals surface area contributed by atoms with Gasteiger partial charge in [0.05, 0.1) is 6.61 Å². The fraction of sp³-hybridized carbons (Fsp3) is 0.545. The monoisotopic (exact) mass is 404 g/mol. The summed E-state index contributed by atoms with van der Waals surface area (Å²) in [6, 6.07) is 9.67. The van der Waals surface area contributed by atoms with Crippen molar-refractivity contribution in [2.75, 3.05) is 13.2 Å². The largest absolute Gasteiger partial charge is 0.464 e. The maximum atomic E-state index is 12.6. The van der Waals surface area contributed by atoms with Crippen LogP contribution < -0.4 is 10.8 Å². The van der Waals surface area contributed by atoms with Crippen molar-refractivity contribution >= 4 is 12.1 Å². The highest BCUT2D eigenvalue weighted by Gasteiger charge is 2.44. The zero-order valence-electron chi connectivity index (χ0n) is 17.9. The van der Waals surface area contributed by atoms with Crippen LogP contribution in [0.15, 0.2) is 42.1 Å². The van der Waals surface area contributed by atoms with Gasteiger partial charge in [0.2, 0.25) is 5.60 Å². The van der Waals surface area contributed by atoms with Crippen molar-refractivity contribution in [2.45, 2.75) is 58.7 Å². The average molecular weight is 405 g/mol. The van der Waals surface area contributed by atoms with E-state index in [0.29, 0.717) is 19.4 Å². The van der Waals surface area contributed by atoms with Crippen LogP contribution in [0.3, 0.4) is 0 Å². The molecule has 0 bridgehead atoms. The standard InChI is InChI=1S/C22H32N2O5/c1-6-27-19(25)22(13-17-10-8-7-9-11-17)14-18(24-29-22)12-16(2)15-23-20(26)28-21(3,4)5/h7-11,14,16,24H,6,12-13,15H2,1-5H3,(H,23,26). The summed E-state index contributed by atoms with van der Waals surface area (Å²) in [5.41, 5.74) is 2.90. The molecular formula is C22H32N2O5. The molecule has 1 heterocycles. The number of ether oxygens (including phenoxy) is 2. The molecule has 0 saturated heterocycles. The first kappa shape index (κ1) is 22.7. The maximum absolute atomic E-state index is 12.6. The second kappa shape index (κ2) is 9.78. The molecule has 2 unspecified atom stereocenters. The van der Waals surface area contributed by atoms with E-state index in [1.165, 1.54) is 0 Å². The first-order valence-electron chi connectivity index (χ1n) is 9.97. The zero-order chi connectivity index (χ0) is 21.5. The number of carbonyl (C=O) groups excluding carboxylic acids is 2. The van der Waals surface area contributed by atoms with Gasteiger partial charge in [-0.1, -0.05) is 37.3 Å². The molecule has 2 atom stereocenters. The van der Waals surface area contributed by atoms with Crippen molar-refractivity contribution in [2.24, 2.45) is 5.92 Å². The minimum Gasteiger partial charge on any atom is -0.464 e. The second-order valence-electron chi connectivity index (χ2n) is 8.34. The van der Waals surface area contributed by atoms with Crippen LogP contribution >= 0.6 is 0 Å². The fourth-order valence-electron chi connectivity index (χ4n) is 3.03. The summed E-state index contributed by atoms with van der Waals surface area (Å²) in [5, 5.41) is 2.77. The van der Waals surface area contributed by atoms with E-state index in [9.17, 15) is 9.59 Å².